The van der Waals surface area contributed by atoms with Gasteiger partial charge in [-0.2, -0.15) is 0 Å². The Kier molecular flexibility index (Phi) is 8.53. The van der Waals surface area contributed by atoms with Gasteiger partial charge in [0.15, 0.2) is 15.8 Å². The van der Waals surface area contributed by atoms with Crippen molar-refractivity contribution in [1.82, 2.24) is 20.4 Å². The molecule has 3 fully saturated rings. The van der Waals surface area contributed by atoms with Gasteiger partial charge in [0, 0.05) is 58.1 Å². The second-order valence-corrected chi connectivity index (χ2v) is 9.42. The van der Waals surface area contributed by atoms with Crippen LogP contribution in [0.4, 0.5) is 0 Å². The number of hydrogen-bond donors (Lipinski definition) is 2. The van der Waals surface area contributed by atoms with Gasteiger partial charge in [0.05, 0.1) is 11.4 Å². The number of sulfone groups is 1. The molecule has 2 bridgehead atoms. The average Bonchev–Trinajstić information content (AvgIpc) is 2.64. The van der Waals surface area contributed by atoms with E-state index in [1.165, 1.54) is 19.3 Å². The van der Waals surface area contributed by atoms with E-state index in [9.17, 15) is 8.42 Å². The molecular formula is C19H32IN5O2S. The molecule has 7 nitrogen and oxygen atoms in total. The lowest BCUT2D eigenvalue weighted by Gasteiger charge is -2.47. The van der Waals surface area contributed by atoms with Crippen LogP contribution in [0.15, 0.2) is 28.1 Å². The first kappa shape index (κ1) is 23.4. The fraction of sp³-hybridized carbons (Fsp3) is 0.632. The number of benzene rings is 1. The van der Waals surface area contributed by atoms with Crippen LogP contribution in [0.25, 0.3) is 0 Å². The molecule has 3 heterocycles. The van der Waals surface area contributed by atoms with E-state index in [-0.39, 0.29) is 24.0 Å². The van der Waals surface area contributed by atoms with E-state index in [2.05, 4.69) is 32.3 Å². The lowest BCUT2D eigenvalue weighted by Crippen LogP contribution is -2.63. The molecule has 28 heavy (non-hydrogen) atoms. The van der Waals surface area contributed by atoms with Crippen molar-refractivity contribution in [3.8, 4) is 0 Å². The summed E-state index contributed by atoms with van der Waals surface area (Å²) < 4.78 is 23.5. The molecule has 3 aliphatic rings. The van der Waals surface area contributed by atoms with E-state index < -0.39 is 9.84 Å². The molecule has 3 saturated heterocycles. The standard InChI is InChI=1S/C19H31N5O2S.HI/c1-4-20-19(22-13-17-14-23-7-9-24(17)10-8-23)21-12-16-5-6-18(15(2)11-16)27(3,25)26;/h5-6,11,17H,4,7-10,12-14H2,1-3H3,(H2,20,21,22);1H. The van der Waals surface area contributed by atoms with Crippen LogP contribution in [0.1, 0.15) is 18.1 Å². The van der Waals surface area contributed by atoms with Gasteiger partial charge in [0.2, 0.25) is 0 Å². The van der Waals surface area contributed by atoms with E-state index in [0.29, 0.717) is 17.5 Å². The average molecular weight is 521 g/mol. The van der Waals surface area contributed by atoms with Crippen molar-refractivity contribution in [3.05, 3.63) is 29.3 Å². The minimum absolute atomic E-state index is 0. The molecular weight excluding hydrogens is 489 g/mol. The van der Waals surface area contributed by atoms with Crippen LogP contribution in [0, 0.1) is 6.92 Å². The van der Waals surface area contributed by atoms with Crippen LogP contribution in [-0.2, 0) is 16.4 Å². The zero-order valence-corrected chi connectivity index (χ0v) is 20.1. The highest BCUT2D eigenvalue weighted by atomic mass is 127. The fourth-order valence-electron chi connectivity index (χ4n) is 3.87. The molecule has 1 aromatic carbocycles. The summed E-state index contributed by atoms with van der Waals surface area (Å²) in [5, 5.41) is 6.77. The monoisotopic (exact) mass is 521 g/mol. The normalized spacial score (nSPS) is 24.5. The Morgan fingerprint density at radius 3 is 2.46 bits per heavy atom. The summed E-state index contributed by atoms with van der Waals surface area (Å²) in [5.74, 6) is 0.806. The van der Waals surface area contributed by atoms with Crippen molar-refractivity contribution in [2.24, 2.45) is 4.99 Å². The van der Waals surface area contributed by atoms with E-state index in [4.69, 9.17) is 0 Å². The quantitative estimate of drug-likeness (QED) is 0.332. The minimum atomic E-state index is -3.18. The van der Waals surface area contributed by atoms with Gasteiger partial charge in [0.25, 0.3) is 0 Å². The number of fused-ring (bicyclic) bond motifs is 3. The summed E-state index contributed by atoms with van der Waals surface area (Å²) in [5.41, 5.74) is 1.77. The van der Waals surface area contributed by atoms with Gasteiger partial charge in [-0.1, -0.05) is 12.1 Å². The van der Waals surface area contributed by atoms with Gasteiger partial charge >= 0.3 is 0 Å². The van der Waals surface area contributed by atoms with Crippen molar-refractivity contribution in [2.45, 2.75) is 31.3 Å². The maximum Gasteiger partial charge on any atom is 0.191 e. The maximum absolute atomic E-state index is 11.8. The molecule has 1 atom stereocenters. The van der Waals surface area contributed by atoms with Gasteiger partial charge in [0.1, 0.15) is 0 Å². The van der Waals surface area contributed by atoms with E-state index >= 15 is 0 Å². The molecule has 3 aliphatic heterocycles. The Morgan fingerprint density at radius 1 is 1.21 bits per heavy atom. The summed E-state index contributed by atoms with van der Waals surface area (Å²) in [6, 6.07) is 5.96. The summed E-state index contributed by atoms with van der Waals surface area (Å²) >= 11 is 0. The lowest BCUT2D eigenvalue weighted by molar-refractivity contribution is 0.0154. The zero-order chi connectivity index (χ0) is 19.4. The van der Waals surface area contributed by atoms with Gasteiger partial charge in [-0.3, -0.25) is 9.80 Å². The largest absolute Gasteiger partial charge is 0.357 e. The first-order valence-corrected chi connectivity index (χ1v) is 11.5. The molecule has 0 aliphatic carbocycles. The van der Waals surface area contributed by atoms with E-state index in [1.807, 2.05) is 19.1 Å². The van der Waals surface area contributed by atoms with Crippen LogP contribution < -0.4 is 10.6 Å². The molecule has 0 radical (unpaired) electrons. The third-order valence-electron chi connectivity index (χ3n) is 5.30. The summed E-state index contributed by atoms with van der Waals surface area (Å²) in [6.45, 7) is 11.9. The Hall–Kier alpha value is -0.910. The fourth-order valence-corrected chi connectivity index (χ4v) is 4.83. The Balaban J connectivity index is 0.00000280. The molecule has 1 unspecified atom stereocenters. The second-order valence-electron chi connectivity index (χ2n) is 7.44. The third kappa shape index (κ3) is 6.04. The highest BCUT2D eigenvalue weighted by Crippen LogP contribution is 2.17. The van der Waals surface area contributed by atoms with Crippen LogP contribution in [0.5, 0.6) is 0 Å². The van der Waals surface area contributed by atoms with Crippen molar-refractivity contribution in [1.29, 1.82) is 0 Å². The molecule has 158 valence electrons. The summed E-state index contributed by atoms with van der Waals surface area (Å²) in [7, 11) is -3.18. The molecule has 0 amide bonds. The first-order valence-electron chi connectivity index (χ1n) is 9.65. The number of halogens is 1. The van der Waals surface area contributed by atoms with Crippen LogP contribution >= 0.6 is 24.0 Å². The third-order valence-corrected chi connectivity index (χ3v) is 6.56. The number of aliphatic imine (C=N–C) groups is 1. The minimum Gasteiger partial charge on any atom is -0.357 e. The number of guanidine groups is 1. The summed E-state index contributed by atoms with van der Waals surface area (Å²) in [6.07, 6.45) is 1.24. The van der Waals surface area contributed by atoms with Crippen molar-refractivity contribution in [2.75, 3.05) is 52.1 Å². The van der Waals surface area contributed by atoms with Gasteiger partial charge < -0.3 is 10.6 Å². The number of nitrogens with one attached hydrogen (secondary N) is 2. The van der Waals surface area contributed by atoms with E-state index in [1.54, 1.807) is 6.07 Å². The Labute approximate surface area is 185 Å². The van der Waals surface area contributed by atoms with Crippen molar-refractivity contribution >= 4 is 39.8 Å². The van der Waals surface area contributed by atoms with Crippen LogP contribution in [0.2, 0.25) is 0 Å². The van der Waals surface area contributed by atoms with Crippen molar-refractivity contribution in [3.63, 3.8) is 0 Å². The maximum atomic E-state index is 11.8. The molecule has 1 aromatic rings. The Morgan fingerprint density at radius 2 is 1.93 bits per heavy atom. The molecule has 0 aromatic heterocycles. The first-order chi connectivity index (χ1) is 12.9. The predicted octanol–water partition coefficient (Wildman–Crippen LogP) is 1.07. The van der Waals surface area contributed by atoms with Crippen LogP contribution in [-0.4, -0.2) is 82.3 Å². The smallest absolute Gasteiger partial charge is 0.191 e. The lowest BCUT2D eigenvalue weighted by atomic mass is 10.1. The topological polar surface area (TPSA) is 77.0 Å². The van der Waals surface area contributed by atoms with Gasteiger partial charge in [-0.25, -0.2) is 13.4 Å². The number of rotatable bonds is 6. The highest BCUT2D eigenvalue weighted by Gasteiger charge is 2.31. The van der Waals surface area contributed by atoms with Gasteiger partial charge in [-0.15, -0.1) is 24.0 Å². The molecule has 4 rings (SSSR count). The molecule has 0 saturated carbocycles. The van der Waals surface area contributed by atoms with E-state index in [0.717, 1.165) is 49.8 Å². The summed E-state index contributed by atoms with van der Waals surface area (Å²) in [4.78, 5) is 10.2. The number of hydrogen-bond acceptors (Lipinski definition) is 5. The molecule has 9 heteroatoms. The number of piperazine rings is 3. The zero-order valence-electron chi connectivity index (χ0n) is 16.9. The molecule has 2 N–H and O–H groups in total. The Bertz CT molecular complexity index is 792. The second kappa shape index (κ2) is 10.2. The van der Waals surface area contributed by atoms with Crippen molar-refractivity contribution < 1.29 is 8.42 Å². The molecule has 0 spiro atoms. The van der Waals surface area contributed by atoms with Crippen LogP contribution in [0.3, 0.4) is 0 Å². The predicted molar refractivity (Wildman–Crippen MR) is 124 cm³/mol. The number of aryl methyl sites for hydroxylation is 1. The van der Waals surface area contributed by atoms with Gasteiger partial charge in [-0.05, 0) is 31.0 Å². The SMILES string of the molecule is CCNC(=NCc1ccc(S(C)(=O)=O)c(C)c1)NCC1CN2CCN1CC2.I. The number of nitrogens with zero attached hydrogens (tertiary/aromatic N) is 3. The highest BCUT2D eigenvalue weighted by molar-refractivity contribution is 14.0.